The van der Waals surface area contributed by atoms with E-state index in [2.05, 4.69) is 0 Å². The quantitative estimate of drug-likeness (QED) is 0.483. The lowest BCUT2D eigenvalue weighted by molar-refractivity contribution is -0.122. The molecule has 1 aromatic heterocycles. The van der Waals surface area contributed by atoms with Crippen LogP contribution in [0, 0.1) is 5.92 Å². The maximum absolute atomic E-state index is 13.9. The molecule has 3 aromatic rings. The minimum Gasteiger partial charge on any atom is -0.396 e. The van der Waals surface area contributed by atoms with Gasteiger partial charge in [0.05, 0.1) is 12.0 Å². The number of hydrogen-bond acceptors (Lipinski definition) is 5. The Morgan fingerprint density at radius 2 is 1.85 bits per heavy atom. The van der Waals surface area contributed by atoms with E-state index in [9.17, 15) is 14.7 Å². The zero-order valence-electron chi connectivity index (χ0n) is 18.6. The minimum atomic E-state index is -0.785. The van der Waals surface area contributed by atoms with Crippen LogP contribution in [-0.4, -0.2) is 45.4 Å². The average Bonchev–Trinajstić information content (AvgIpc) is 3.43. The van der Waals surface area contributed by atoms with Gasteiger partial charge >= 0.3 is 0 Å². The highest BCUT2D eigenvalue weighted by Crippen LogP contribution is 2.39. The molecule has 1 fully saturated rings. The number of Topliss-reactive ketones (excluding diaryl/α,β-unsaturated/α-hetero) is 2. The highest BCUT2D eigenvalue weighted by Gasteiger charge is 2.46. The van der Waals surface area contributed by atoms with Crippen LogP contribution in [0.5, 0.6) is 0 Å². The summed E-state index contributed by atoms with van der Waals surface area (Å²) >= 11 is 12.4. The highest BCUT2D eigenvalue weighted by molar-refractivity contribution is 6.31. The van der Waals surface area contributed by atoms with Gasteiger partial charge in [-0.25, -0.2) is 4.98 Å². The van der Waals surface area contributed by atoms with Crippen LogP contribution in [0.15, 0.2) is 48.5 Å². The van der Waals surface area contributed by atoms with Crippen LogP contribution < -0.4 is 4.90 Å². The van der Waals surface area contributed by atoms with Gasteiger partial charge in [-0.05, 0) is 55.5 Å². The number of aromatic nitrogens is 2. The van der Waals surface area contributed by atoms with Gasteiger partial charge in [-0.2, -0.15) is 0 Å². The summed E-state index contributed by atoms with van der Waals surface area (Å²) in [6.07, 6.45) is 2.30. The van der Waals surface area contributed by atoms with Crippen LogP contribution >= 0.6 is 23.2 Å². The Morgan fingerprint density at radius 3 is 2.59 bits per heavy atom. The number of fused-ring (bicyclic) bond motifs is 3. The van der Waals surface area contributed by atoms with Crippen LogP contribution in [-0.2, 0) is 11.3 Å². The largest absolute Gasteiger partial charge is 0.396 e. The number of hydrogen-bond donors (Lipinski definition) is 1. The van der Waals surface area contributed by atoms with Crippen molar-refractivity contribution < 1.29 is 14.7 Å². The summed E-state index contributed by atoms with van der Waals surface area (Å²) in [5, 5.41) is 10.6. The molecule has 6 nitrogen and oxygen atoms in total. The standard InChI is InChI=1S/C26H25Cl2N3O3/c27-18-10-8-16(9-11-18)15-31-22-24(34)20(6-3-13-32)23(33)21-7-2-12-30(21)26(22)29-25(31)17-4-1-5-19(28)14-17/h1,4-5,8-11,14,20-21,32H,2-3,6-7,12-13,15H2. The summed E-state index contributed by atoms with van der Waals surface area (Å²) in [5.74, 6) is 0.133. The lowest BCUT2D eigenvalue weighted by Gasteiger charge is -2.23. The summed E-state index contributed by atoms with van der Waals surface area (Å²) in [5.41, 5.74) is 2.21. The van der Waals surface area contributed by atoms with Crippen LogP contribution in [0.25, 0.3) is 11.4 Å². The van der Waals surface area contributed by atoms with Crippen LogP contribution in [0.4, 0.5) is 5.82 Å². The van der Waals surface area contributed by atoms with E-state index >= 15 is 0 Å². The molecule has 0 bridgehead atoms. The minimum absolute atomic E-state index is 0.0590. The zero-order chi connectivity index (χ0) is 23.8. The summed E-state index contributed by atoms with van der Waals surface area (Å²) in [6.45, 7) is 1.01. The average molecular weight is 498 g/mol. The Kier molecular flexibility index (Phi) is 6.47. The monoisotopic (exact) mass is 497 g/mol. The Morgan fingerprint density at radius 1 is 1.06 bits per heavy atom. The van der Waals surface area contributed by atoms with Crippen LogP contribution in [0.1, 0.15) is 41.7 Å². The lowest BCUT2D eigenvalue weighted by atomic mass is 9.88. The molecule has 8 heteroatoms. The van der Waals surface area contributed by atoms with Gasteiger partial charge in [0.25, 0.3) is 0 Å². The number of imidazole rings is 1. The number of benzene rings is 2. The molecule has 1 N–H and O–H groups in total. The molecule has 0 saturated carbocycles. The van der Waals surface area contributed by atoms with Crippen molar-refractivity contribution >= 4 is 40.6 Å². The van der Waals surface area contributed by atoms with Crippen molar-refractivity contribution in [3.63, 3.8) is 0 Å². The van der Waals surface area contributed by atoms with E-state index in [1.807, 2.05) is 51.9 Å². The van der Waals surface area contributed by atoms with E-state index in [1.165, 1.54) is 0 Å². The number of aliphatic hydroxyl groups is 1. The summed E-state index contributed by atoms with van der Waals surface area (Å²) < 4.78 is 1.91. The van der Waals surface area contributed by atoms with Gasteiger partial charge < -0.3 is 14.6 Å². The molecule has 34 heavy (non-hydrogen) atoms. The molecule has 2 unspecified atom stereocenters. The molecule has 0 amide bonds. The van der Waals surface area contributed by atoms with Gasteiger partial charge in [0.1, 0.15) is 11.5 Å². The van der Waals surface area contributed by atoms with Crippen molar-refractivity contribution in [2.75, 3.05) is 18.1 Å². The van der Waals surface area contributed by atoms with Gasteiger partial charge in [-0.1, -0.05) is 47.5 Å². The predicted octanol–water partition coefficient (Wildman–Crippen LogP) is 5.03. The van der Waals surface area contributed by atoms with Gasteiger partial charge in [0, 0.05) is 35.3 Å². The van der Waals surface area contributed by atoms with Crippen molar-refractivity contribution in [2.45, 2.75) is 38.3 Å². The third-order valence-electron chi connectivity index (χ3n) is 6.68. The van der Waals surface area contributed by atoms with Gasteiger partial charge in [0.2, 0.25) is 0 Å². The maximum atomic E-state index is 13.9. The van der Waals surface area contributed by atoms with Crippen molar-refractivity contribution in [3.05, 3.63) is 69.8 Å². The normalized spacial score (nSPS) is 19.8. The summed E-state index contributed by atoms with van der Waals surface area (Å²) in [7, 11) is 0. The molecule has 0 spiro atoms. The first kappa shape index (κ1) is 23.1. The molecular weight excluding hydrogens is 473 g/mol. The second-order valence-electron chi connectivity index (χ2n) is 8.87. The number of ketones is 2. The maximum Gasteiger partial charge on any atom is 0.193 e. The number of rotatable bonds is 6. The predicted molar refractivity (Wildman–Crippen MR) is 133 cm³/mol. The number of aliphatic hydroxyl groups excluding tert-OH is 1. The molecule has 2 aliphatic rings. The number of carbonyl (C=O) groups is 2. The van der Waals surface area contributed by atoms with Crippen LogP contribution in [0.3, 0.4) is 0 Å². The smallest absolute Gasteiger partial charge is 0.193 e. The Bertz CT molecular complexity index is 1240. The van der Waals surface area contributed by atoms with Crippen molar-refractivity contribution in [1.29, 1.82) is 0 Å². The van der Waals surface area contributed by atoms with Crippen molar-refractivity contribution in [3.8, 4) is 11.4 Å². The summed E-state index contributed by atoms with van der Waals surface area (Å²) in [6, 6.07) is 14.5. The highest BCUT2D eigenvalue weighted by atomic mass is 35.5. The second-order valence-corrected chi connectivity index (χ2v) is 9.74. The Labute approximate surface area is 208 Å². The molecular formula is C26H25Cl2N3O3. The van der Waals surface area contributed by atoms with Crippen molar-refractivity contribution in [2.24, 2.45) is 5.92 Å². The zero-order valence-corrected chi connectivity index (χ0v) is 20.1. The first-order valence-corrected chi connectivity index (χ1v) is 12.3. The lowest BCUT2D eigenvalue weighted by Crippen LogP contribution is -2.39. The molecule has 2 aliphatic heterocycles. The number of halogens is 2. The van der Waals surface area contributed by atoms with Crippen LogP contribution in [0.2, 0.25) is 10.0 Å². The number of carbonyl (C=O) groups excluding carboxylic acids is 2. The molecule has 1 saturated heterocycles. The second kappa shape index (κ2) is 9.53. The molecule has 5 rings (SSSR count). The van der Waals surface area contributed by atoms with E-state index in [0.29, 0.717) is 59.7 Å². The topological polar surface area (TPSA) is 75.4 Å². The molecule has 0 aliphatic carbocycles. The van der Waals surface area contributed by atoms with E-state index in [0.717, 1.165) is 17.5 Å². The molecule has 2 aromatic carbocycles. The molecule has 0 radical (unpaired) electrons. The number of nitrogens with zero attached hydrogens (tertiary/aromatic N) is 3. The SMILES string of the molecule is O=C1c2c(nc(-c3cccc(Cl)c3)n2Cc2ccc(Cl)cc2)N2CCCC2C(=O)C1CCCO. The third-order valence-corrected chi connectivity index (χ3v) is 7.17. The Balaban J connectivity index is 1.71. The van der Waals surface area contributed by atoms with Crippen molar-refractivity contribution in [1.82, 2.24) is 9.55 Å². The van der Waals surface area contributed by atoms with E-state index in [1.54, 1.807) is 6.07 Å². The van der Waals surface area contributed by atoms with Gasteiger partial charge in [-0.3, -0.25) is 9.59 Å². The number of anilines is 1. The molecule has 3 heterocycles. The van der Waals surface area contributed by atoms with Gasteiger partial charge in [0.15, 0.2) is 17.4 Å². The van der Waals surface area contributed by atoms with E-state index < -0.39 is 5.92 Å². The van der Waals surface area contributed by atoms with E-state index in [4.69, 9.17) is 28.2 Å². The molecule has 2 atom stereocenters. The fourth-order valence-corrected chi connectivity index (χ4v) is 5.39. The third kappa shape index (κ3) is 4.15. The fourth-order valence-electron chi connectivity index (χ4n) is 5.07. The van der Waals surface area contributed by atoms with E-state index in [-0.39, 0.29) is 24.2 Å². The first-order chi connectivity index (χ1) is 16.5. The summed E-state index contributed by atoms with van der Waals surface area (Å²) in [4.78, 5) is 34.3. The fraction of sp³-hybridized carbons (Fsp3) is 0.346. The Hall–Kier alpha value is -2.67. The van der Waals surface area contributed by atoms with Gasteiger partial charge in [-0.15, -0.1) is 0 Å². The molecule has 176 valence electrons. The first-order valence-electron chi connectivity index (χ1n) is 11.5.